The molecule has 18 heavy (non-hydrogen) atoms. The molecule has 2 aliphatic rings. The fraction of sp³-hybridized carbons (Fsp3) is 1.00. The molecular formula is C13H26N2O2S. The lowest BCUT2D eigenvalue weighted by molar-refractivity contribution is 0.190. The van der Waals surface area contributed by atoms with Gasteiger partial charge in [0.1, 0.15) is 9.84 Å². The summed E-state index contributed by atoms with van der Waals surface area (Å²) in [6.07, 6.45) is 4.22. The summed E-state index contributed by atoms with van der Waals surface area (Å²) in [4.78, 5) is 2.52. The van der Waals surface area contributed by atoms with Gasteiger partial charge < -0.3 is 10.2 Å². The highest BCUT2D eigenvalue weighted by Gasteiger charge is 2.23. The van der Waals surface area contributed by atoms with Gasteiger partial charge in [-0.3, -0.25) is 0 Å². The van der Waals surface area contributed by atoms with Crippen molar-refractivity contribution in [2.75, 3.05) is 37.7 Å². The van der Waals surface area contributed by atoms with Crippen LogP contribution in [0.1, 0.15) is 32.6 Å². The van der Waals surface area contributed by atoms with Crippen LogP contribution in [-0.2, 0) is 9.84 Å². The van der Waals surface area contributed by atoms with E-state index in [9.17, 15) is 8.42 Å². The fourth-order valence-corrected chi connectivity index (χ4v) is 4.30. The summed E-state index contributed by atoms with van der Waals surface area (Å²) in [6, 6.07) is 0.414. The first kappa shape index (κ1) is 14.3. The van der Waals surface area contributed by atoms with Gasteiger partial charge in [-0.05, 0) is 44.7 Å². The maximum Gasteiger partial charge on any atom is 0.150 e. The van der Waals surface area contributed by atoms with Crippen LogP contribution in [0.4, 0.5) is 0 Å². The molecule has 4 nitrogen and oxygen atoms in total. The van der Waals surface area contributed by atoms with Crippen molar-refractivity contribution < 1.29 is 8.42 Å². The lowest BCUT2D eigenvalue weighted by atomic mass is 9.99. The highest BCUT2D eigenvalue weighted by Crippen LogP contribution is 2.15. The van der Waals surface area contributed by atoms with Crippen LogP contribution in [0.3, 0.4) is 0 Å². The number of nitrogens with one attached hydrogen (secondary N) is 1. The van der Waals surface area contributed by atoms with Crippen LogP contribution in [0.2, 0.25) is 0 Å². The van der Waals surface area contributed by atoms with Crippen molar-refractivity contribution >= 4 is 9.84 Å². The van der Waals surface area contributed by atoms with Crippen molar-refractivity contribution in [2.45, 2.75) is 38.6 Å². The minimum atomic E-state index is -2.72. The average molecular weight is 274 g/mol. The molecular weight excluding hydrogens is 248 g/mol. The number of likely N-dealkylation sites (tertiary alicyclic amines) is 1. The Labute approximate surface area is 111 Å². The zero-order valence-electron chi connectivity index (χ0n) is 11.4. The van der Waals surface area contributed by atoms with Crippen LogP contribution in [-0.4, -0.2) is 57.0 Å². The zero-order chi connectivity index (χ0) is 13.0. The van der Waals surface area contributed by atoms with Gasteiger partial charge in [-0.15, -0.1) is 0 Å². The molecule has 106 valence electrons. The molecule has 0 bridgehead atoms. The van der Waals surface area contributed by atoms with Gasteiger partial charge in [0.05, 0.1) is 11.5 Å². The summed E-state index contributed by atoms with van der Waals surface area (Å²) in [5.41, 5.74) is 0. The summed E-state index contributed by atoms with van der Waals surface area (Å²) >= 11 is 0. The minimum Gasteiger partial charge on any atom is -0.313 e. The second-order valence-electron chi connectivity index (χ2n) is 5.90. The zero-order valence-corrected chi connectivity index (χ0v) is 12.2. The largest absolute Gasteiger partial charge is 0.313 e. The van der Waals surface area contributed by atoms with E-state index in [0.717, 1.165) is 31.8 Å². The Morgan fingerprint density at radius 2 is 1.72 bits per heavy atom. The lowest BCUT2D eigenvalue weighted by Crippen LogP contribution is -2.43. The van der Waals surface area contributed by atoms with E-state index in [1.807, 2.05) is 0 Å². The number of hydrogen-bond acceptors (Lipinski definition) is 4. The fourth-order valence-electron chi connectivity index (χ4n) is 2.81. The van der Waals surface area contributed by atoms with E-state index < -0.39 is 9.84 Å². The molecule has 2 aliphatic heterocycles. The lowest BCUT2D eigenvalue weighted by Gasteiger charge is -2.31. The molecule has 0 aliphatic carbocycles. The SMILES string of the molecule is CC1CCN(CCNC2CCS(=O)(=O)CC2)CC1. The number of piperidine rings is 1. The Hall–Kier alpha value is -0.130. The standard InChI is InChI=1S/C13H26N2O2S/c1-12-2-7-15(8-3-12)9-6-14-13-4-10-18(16,17)11-5-13/h12-14H,2-11H2,1H3. The van der Waals surface area contributed by atoms with Crippen LogP contribution in [0.25, 0.3) is 0 Å². The van der Waals surface area contributed by atoms with Crippen LogP contribution in [0.15, 0.2) is 0 Å². The molecule has 5 heteroatoms. The molecule has 2 heterocycles. The molecule has 0 unspecified atom stereocenters. The molecule has 0 radical (unpaired) electrons. The third-order valence-electron chi connectivity index (χ3n) is 4.29. The Bertz CT molecular complexity index is 334. The van der Waals surface area contributed by atoms with Gasteiger partial charge in [-0.1, -0.05) is 6.92 Å². The average Bonchev–Trinajstić information content (AvgIpc) is 2.34. The first-order valence-corrected chi connectivity index (χ1v) is 9.03. The van der Waals surface area contributed by atoms with Crippen molar-refractivity contribution in [3.8, 4) is 0 Å². The van der Waals surface area contributed by atoms with Crippen LogP contribution >= 0.6 is 0 Å². The highest BCUT2D eigenvalue weighted by atomic mass is 32.2. The van der Waals surface area contributed by atoms with Crippen LogP contribution in [0.5, 0.6) is 0 Å². The second kappa shape index (κ2) is 6.35. The van der Waals surface area contributed by atoms with E-state index >= 15 is 0 Å². The molecule has 2 fully saturated rings. The second-order valence-corrected chi connectivity index (χ2v) is 8.21. The summed E-state index contributed by atoms with van der Waals surface area (Å²) < 4.78 is 22.6. The summed E-state index contributed by atoms with van der Waals surface area (Å²) in [5, 5.41) is 3.51. The smallest absolute Gasteiger partial charge is 0.150 e. The number of sulfone groups is 1. The molecule has 2 rings (SSSR count). The van der Waals surface area contributed by atoms with E-state index in [0.29, 0.717) is 17.5 Å². The van der Waals surface area contributed by atoms with Gasteiger partial charge in [-0.2, -0.15) is 0 Å². The number of hydrogen-bond donors (Lipinski definition) is 1. The van der Waals surface area contributed by atoms with E-state index in [4.69, 9.17) is 0 Å². The van der Waals surface area contributed by atoms with Crippen molar-refractivity contribution in [3.63, 3.8) is 0 Å². The molecule has 0 saturated carbocycles. The Kier molecular flexibility index (Phi) is 5.04. The monoisotopic (exact) mass is 274 g/mol. The van der Waals surface area contributed by atoms with E-state index in [1.54, 1.807) is 0 Å². The van der Waals surface area contributed by atoms with Crippen molar-refractivity contribution in [1.29, 1.82) is 0 Å². The molecule has 0 aromatic rings. The number of rotatable bonds is 4. The quantitative estimate of drug-likeness (QED) is 0.827. The topological polar surface area (TPSA) is 49.4 Å². The van der Waals surface area contributed by atoms with Gasteiger partial charge in [0.2, 0.25) is 0 Å². The predicted molar refractivity (Wildman–Crippen MR) is 74.5 cm³/mol. The van der Waals surface area contributed by atoms with Crippen LogP contribution < -0.4 is 5.32 Å². The first-order chi connectivity index (χ1) is 8.55. The van der Waals surface area contributed by atoms with Crippen LogP contribution in [0, 0.1) is 5.92 Å². The Morgan fingerprint density at radius 3 is 2.33 bits per heavy atom. The van der Waals surface area contributed by atoms with Gasteiger partial charge in [0, 0.05) is 19.1 Å². The molecule has 0 aromatic carbocycles. The highest BCUT2D eigenvalue weighted by molar-refractivity contribution is 7.91. The third kappa shape index (κ3) is 4.52. The maximum atomic E-state index is 11.3. The molecule has 0 spiro atoms. The Balaban J connectivity index is 1.59. The van der Waals surface area contributed by atoms with Gasteiger partial charge >= 0.3 is 0 Å². The summed E-state index contributed by atoms with van der Waals surface area (Å²) in [6.45, 7) is 6.89. The molecule has 0 amide bonds. The van der Waals surface area contributed by atoms with Crippen molar-refractivity contribution in [3.05, 3.63) is 0 Å². The summed E-state index contributed by atoms with van der Waals surface area (Å²) in [7, 11) is -2.72. The predicted octanol–water partition coefficient (Wildman–Crippen LogP) is 0.885. The molecule has 0 atom stereocenters. The van der Waals surface area contributed by atoms with E-state index in [2.05, 4.69) is 17.1 Å². The van der Waals surface area contributed by atoms with Crippen molar-refractivity contribution in [2.24, 2.45) is 5.92 Å². The van der Waals surface area contributed by atoms with Gasteiger partial charge in [0.15, 0.2) is 0 Å². The van der Waals surface area contributed by atoms with Gasteiger partial charge in [-0.25, -0.2) is 8.42 Å². The summed E-state index contributed by atoms with van der Waals surface area (Å²) in [5.74, 6) is 1.62. The van der Waals surface area contributed by atoms with E-state index in [-0.39, 0.29) is 0 Å². The first-order valence-electron chi connectivity index (χ1n) is 7.21. The number of nitrogens with zero attached hydrogens (tertiary/aromatic N) is 1. The van der Waals surface area contributed by atoms with Crippen molar-refractivity contribution in [1.82, 2.24) is 10.2 Å². The Morgan fingerprint density at radius 1 is 1.11 bits per heavy atom. The third-order valence-corrected chi connectivity index (χ3v) is 6.01. The molecule has 0 aromatic heterocycles. The van der Waals surface area contributed by atoms with Gasteiger partial charge in [0.25, 0.3) is 0 Å². The molecule has 1 N–H and O–H groups in total. The normalized spacial score (nSPS) is 27.4. The van der Waals surface area contributed by atoms with E-state index in [1.165, 1.54) is 25.9 Å². The molecule has 2 saturated heterocycles. The minimum absolute atomic E-state index is 0.367. The maximum absolute atomic E-state index is 11.3.